The monoisotopic (exact) mass is 172 g/mol. The minimum atomic E-state index is -4.16. The molecule has 10 heavy (non-hydrogen) atoms. The van der Waals surface area contributed by atoms with Gasteiger partial charge in [-0.2, -0.15) is 0 Å². The Morgan fingerprint density at radius 2 is 1.60 bits per heavy atom. The van der Waals surface area contributed by atoms with Gasteiger partial charge in [-0.15, -0.1) is 0 Å². The molecule has 0 amide bonds. The fourth-order valence-electron chi connectivity index (χ4n) is 0.194. The van der Waals surface area contributed by atoms with Gasteiger partial charge in [0.2, 0.25) is 0 Å². The van der Waals surface area contributed by atoms with Gasteiger partial charge >= 0.3 is 9.05 Å². The van der Waals surface area contributed by atoms with E-state index in [1.54, 1.807) is 6.92 Å². The van der Waals surface area contributed by atoms with Crippen molar-refractivity contribution in [1.29, 1.82) is 0 Å². The Bertz CT molecular complexity index is 110. The van der Waals surface area contributed by atoms with Gasteiger partial charge in [-0.25, -0.2) is 0 Å². The Labute approximate surface area is 56.7 Å². The lowest BCUT2D eigenvalue weighted by Gasteiger charge is -2.05. The third-order valence-corrected chi connectivity index (χ3v) is 1.08. The van der Waals surface area contributed by atoms with E-state index in [1.165, 1.54) is 0 Å². The highest BCUT2D eigenvalue weighted by atomic mass is 28.4. The summed E-state index contributed by atoms with van der Waals surface area (Å²) in [5.41, 5.74) is 0. The summed E-state index contributed by atoms with van der Waals surface area (Å²) in [6, 6.07) is 0. The molecule has 0 radical (unpaired) electrons. The van der Waals surface area contributed by atoms with Crippen LogP contribution in [0.1, 0.15) is 6.92 Å². The van der Waals surface area contributed by atoms with Gasteiger partial charge in [0.15, 0.2) is 0 Å². The van der Waals surface area contributed by atoms with Crippen molar-refractivity contribution in [3.63, 3.8) is 0 Å². The maximum absolute atomic E-state index is 8.05. The first-order chi connectivity index (χ1) is 4.56. The van der Waals surface area contributed by atoms with Crippen LogP contribution in [-0.4, -0.2) is 30.0 Å². The third-order valence-electron chi connectivity index (χ3n) is 0.406. The van der Waals surface area contributed by atoms with Crippen LogP contribution in [0, 0.1) is 0 Å². The van der Waals surface area contributed by atoms with Crippen LogP contribution in [0.5, 0.6) is 0 Å². The molecule has 0 atom stereocenters. The van der Waals surface area contributed by atoms with Crippen LogP contribution < -0.4 is 0 Å². The van der Waals surface area contributed by atoms with Gasteiger partial charge in [0, 0.05) is 20.8 Å². The first kappa shape index (κ1) is 9.46. The highest BCUT2D eigenvalue weighted by Gasteiger charge is 2.28. The highest BCUT2D eigenvalue weighted by molar-refractivity contribution is 6.48. The Morgan fingerprint density at radius 1 is 1.20 bits per heavy atom. The van der Waals surface area contributed by atoms with Crippen molar-refractivity contribution in [2.75, 3.05) is 6.61 Å². The van der Waals surface area contributed by atoms with Crippen molar-refractivity contribution in [1.82, 2.24) is 0 Å². The van der Waals surface area contributed by atoms with E-state index in [0.29, 0.717) is 0 Å². The molecule has 1 heterocycles. The molecule has 0 spiro atoms. The lowest BCUT2D eigenvalue weighted by Crippen LogP contribution is -2.38. The molecule has 3 N–H and O–H groups in total. The van der Waals surface area contributed by atoms with Crippen molar-refractivity contribution in [3.8, 4) is 0 Å². The van der Waals surface area contributed by atoms with Gasteiger partial charge in [0.1, 0.15) is 0 Å². The average Bonchev–Trinajstić information content (AvgIpc) is 2.40. The highest BCUT2D eigenvalue weighted by Crippen LogP contribution is 1.85. The van der Waals surface area contributed by atoms with E-state index in [-0.39, 0.29) is 6.61 Å². The molecule has 0 fully saturated rings. The topological polar surface area (TPSA) is 109 Å². The maximum Gasteiger partial charge on any atom is 0.671 e. The quantitative estimate of drug-likeness (QED) is 0.383. The molecular weight excluding hydrogens is 164 g/mol. The molecule has 1 aromatic heterocycles. The van der Waals surface area contributed by atoms with Gasteiger partial charge < -0.3 is 18.8 Å². The van der Waals surface area contributed by atoms with Crippen molar-refractivity contribution in [2.45, 2.75) is 6.92 Å². The summed E-state index contributed by atoms with van der Waals surface area (Å²) < 4.78 is 14.5. The second-order valence-corrected chi connectivity index (χ2v) is 2.65. The first-order valence-electron chi connectivity index (χ1n) is 2.37. The molecule has 0 unspecified atom stereocenters. The second-order valence-electron chi connectivity index (χ2n) is 1.21. The van der Waals surface area contributed by atoms with Gasteiger partial charge in [-0.1, -0.05) is 0 Å². The molecule has 8 heteroatoms. The van der Waals surface area contributed by atoms with Crippen molar-refractivity contribution >= 4 is 9.05 Å². The zero-order chi connectivity index (χ0) is 8.04. The summed E-state index contributed by atoms with van der Waals surface area (Å²) in [5, 5.41) is 0. The Kier molecular flexibility index (Phi) is 4.07. The van der Waals surface area contributed by atoms with Gasteiger partial charge in [0.25, 0.3) is 0 Å². The molecular formula is C2H8O7Si. The molecule has 0 saturated carbocycles. The zero-order valence-corrected chi connectivity index (χ0v) is 6.18. The van der Waals surface area contributed by atoms with Crippen LogP contribution >= 0.6 is 0 Å². The Balaban J connectivity index is 0.000000219. The predicted molar refractivity (Wildman–Crippen MR) is 27.3 cm³/mol. The molecule has 62 valence electrons. The van der Waals surface area contributed by atoms with E-state index in [1.807, 2.05) is 0 Å². The molecule has 1 aromatic rings. The molecule has 1 rings (SSSR count). The predicted octanol–water partition coefficient (Wildman–Crippen LogP) is -1.10. The fourth-order valence-corrected chi connectivity index (χ4v) is 0.581. The van der Waals surface area contributed by atoms with Crippen LogP contribution in [0.25, 0.3) is 0 Å². The van der Waals surface area contributed by atoms with E-state index >= 15 is 0 Å². The van der Waals surface area contributed by atoms with Crippen LogP contribution in [0.3, 0.4) is 0 Å². The lowest BCUT2D eigenvalue weighted by atomic mass is 10.9. The standard InChI is InChI=1S/C2H8O4Si.O3/c1-2-6-7(3,4)5;1-2-3-1/h3-5H,2H2,1H3;. The summed E-state index contributed by atoms with van der Waals surface area (Å²) >= 11 is 0. The molecule has 0 bridgehead atoms. The molecule has 0 aliphatic heterocycles. The molecule has 0 aliphatic rings. The average molecular weight is 172 g/mol. The lowest BCUT2D eigenvalue weighted by molar-refractivity contribution is 0.0687. The molecule has 0 aliphatic carbocycles. The first-order valence-corrected chi connectivity index (χ1v) is 4.12. The fraction of sp³-hybridized carbons (Fsp3) is 1.00. The van der Waals surface area contributed by atoms with Gasteiger partial charge in [-0.3, -0.25) is 0 Å². The number of hydrogen-bond acceptors (Lipinski definition) is 7. The number of hydrogen-bond donors (Lipinski definition) is 3. The van der Waals surface area contributed by atoms with Crippen LogP contribution in [0.4, 0.5) is 0 Å². The number of rotatable bonds is 2. The summed E-state index contributed by atoms with van der Waals surface area (Å²) in [6.07, 6.45) is 0. The van der Waals surface area contributed by atoms with Gasteiger partial charge in [-0.05, 0) is 6.92 Å². The van der Waals surface area contributed by atoms with Crippen molar-refractivity contribution in [2.24, 2.45) is 0 Å². The minimum absolute atomic E-state index is 0.121. The molecule has 0 saturated heterocycles. The zero-order valence-electron chi connectivity index (χ0n) is 5.18. The van der Waals surface area contributed by atoms with E-state index in [2.05, 4.69) is 18.6 Å². The molecule has 7 nitrogen and oxygen atoms in total. The van der Waals surface area contributed by atoms with Gasteiger partial charge in [0.05, 0.1) is 0 Å². The Hall–Kier alpha value is -0.543. The molecule has 0 aromatic carbocycles. The Morgan fingerprint density at radius 3 is 1.60 bits per heavy atom. The van der Waals surface area contributed by atoms with E-state index in [4.69, 9.17) is 14.4 Å². The SMILES string of the molecule is CCO[Si](O)(O)O.o1oo1. The third kappa shape index (κ3) is 15.7. The maximum atomic E-state index is 8.05. The van der Waals surface area contributed by atoms with E-state index in [0.717, 1.165) is 0 Å². The summed E-state index contributed by atoms with van der Waals surface area (Å²) in [4.78, 5) is 24.1. The van der Waals surface area contributed by atoms with Crippen LogP contribution in [-0.2, 0) is 4.43 Å². The van der Waals surface area contributed by atoms with E-state index < -0.39 is 9.05 Å². The van der Waals surface area contributed by atoms with Crippen molar-refractivity contribution < 1.29 is 33.0 Å². The summed E-state index contributed by atoms with van der Waals surface area (Å²) in [6.45, 7) is 1.68. The summed E-state index contributed by atoms with van der Waals surface area (Å²) in [5.74, 6) is 0. The van der Waals surface area contributed by atoms with E-state index in [9.17, 15) is 0 Å². The largest absolute Gasteiger partial charge is 0.671 e. The normalized spacial score (nSPS) is 10.8. The van der Waals surface area contributed by atoms with Crippen LogP contribution in [0.15, 0.2) is 14.2 Å². The summed E-state index contributed by atoms with van der Waals surface area (Å²) in [7, 11) is -4.16. The van der Waals surface area contributed by atoms with Crippen molar-refractivity contribution in [3.05, 3.63) is 0 Å². The minimum Gasteiger partial charge on any atom is -0.368 e. The van der Waals surface area contributed by atoms with Crippen LogP contribution in [0.2, 0.25) is 0 Å². The second kappa shape index (κ2) is 4.30. The smallest absolute Gasteiger partial charge is 0.368 e.